The quantitative estimate of drug-likeness (QED) is 0.925. The fourth-order valence-electron chi connectivity index (χ4n) is 3.19. The van der Waals surface area contributed by atoms with Gasteiger partial charge in [0.1, 0.15) is 5.04 Å². The Balaban J connectivity index is 1.70. The fourth-order valence-corrected chi connectivity index (χ4v) is 4.40. The molecule has 0 saturated heterocycles. The van der Waals surface area contributed by atoms with Crippen LogP contribution >= 0.6 is 11.8 Å². The van der Waals surface area contributed by atoms with Gasteiger partial charge < -0.3 is 4.90 Å². The number of benzene rings is 2. The second kappa shape index (κ2) is 5.98. The minimum Gasteiger partial charge on any atom is -0.309 e. The summed E-state index contributed by atoms with van der Waals surface area (Å²) in [6, 6.07) is 18.0. The molecular formula is C19H19N3OS. The van der Waals surface area contributed by atoms with Crippen molar-refractivity contribution < 1.29 is 4.79 Å². The molecule has 1 N–H and O–H groups in total. The van der Waals surface area contributed by atoms with Gasteiger partial charge in [0.15, 0.2) is 0 Å². The summed E-state index contributed by atoms with van der Waals surface area (Å²) in [7, 11) is 0. The maximum absolute atomic E-state index is 13.2. The van der Waals surface area contributed by atoms with Gasteiger partial charge in [0.2, 0.25) is 4.87 Å². The Hall–Kier alpha value is -2.27. The number of carbonyl (C=O) groups is 1. The topological polar surface area (TPSA) is 44.7 Å². The molecule has 1 atom stereocenters. The summed E-state index contributed by atoms with van der Waals surface area (Å²) >= 11 is 1.51. The Labute approximate surface area is 145 Å². The summed E-state index contributed by atoms with van der Waals surface area (Å²) in [4.78, 5) is 14.3. The average molecular weight is 337 g/mol. The zero-order valence-electron chi connectivity index (χ0n) is 13.5. The highest BCUT2D eigenvalue weighted by atomic mass is 32.2. The number of amides is 1. The molecule has 122 valence electrons. The molecular weight excluding hydrogens is 318 g/mol. The first-order chi connectivity index (χ1) is 11.8. The van der Waals surface area contributed by atoms with Crippen molar-refractivity contribution in [3.63, 3.8) is 0 Å². The largest absolute Gasteiger partial charge is 0.309 e. The highest BCUT2D eigenvalue weighted by Gasteiger charge is 2.55. The molecule has 2 aliphatic rings. The zero-order valence-corrected chi connectivity index (χ0v) is 14.3. The molecule has 5 heteroatoms. The Morgan fingerprint density at radius 3 is 2.67 bits per heavy atom. The normalized spacial score (nSPS) is 21.8. The molecule has 0 unspecified atom stereocenters. The highest BCUT2D eigenvalue weighted by molar-refractivity contribution is 8.16. The van der Waals surface area contributed by atoms with Crippen LogP contribution in [0.15, 0.2) is 59.7 Å². The summed E-state index contributed by atoms with van der Waals surface area (Å²) in [5.41, 5.74) is 6.19. The Morgan fingerprint density at radius 1 is 1.12 bits per heavy atom. The summed E-state index contributed by atoms with van der Waals surface area (Å²) in [5, 5.41) is 5.34. The molecule has 0 bridgehead atoms. The maximum Gasteiger partial charge on any atom is 0.269 e. The fraction of sp³-hybridized carbons (Fsp3) is 0.263. The van der Waals surface area contributed by atoms with E-state index in [0.29, 0.717) is 0 Å². The van der Waals surface area contributed by atoms with Gasteiger partial charge in [-0.05, 0) is 12.5 Å². The molecule has 4 nitrogen and oxygen atoms in total. The van der Waals surface area contributed by atoms with Crippen molar-refractivity contribution in [1.29, 1.82) is 0 Å². The molecule has 0 aromatic heterocycles. The van der Waals surface area contributed by atoms with Crippen LogP contribution in [0, 0.1) is 0 Å². The number of carbonyl (C=O) groups excluding carboxylic acids is 1. The summed E-state index contributed by atoms with van der Waals surface area (Å²) in [6.45, 7) is 2.89. The van der Waals surface area contributed by atoms with Crippen LogP contribution in [-0.2, 0) is 9.67 Å². The van der Waals surface area contributed by atoms with E-state index in [0.717, 1.165) is 41.2 Å². The molecule has 24 heavy (non-hydrogen) atoms. The highest BCUT2D eigenvalue weighted by Crippen LogP contribution is 2.50. The standard InChI is InChI=1S/C19H19N3OS/c1-2-3-13-22-16-12-8-7-11-15(16)19(18(22)23)21-20-17(24-19)14-9-5-4-6-10-14/h4-12,21H,2-3,13H2,1H3/t19-/m0/s1. The van der Waals surface area contributed by atoms with E-state index in [2.05, 4.69) is 17.5 Å². The zero-order chi connectivity index (χ0) is 16.6. The number of para-hydroxylation sites is 1. The van der Waals surface area contributed by atoms with Crippen LogP contribution in [0.4, 0.5) is 5.69 Å². The lowest BCUT2D eigenvalue weighted by Gasteiger charge is -2.22. The maximum atomic E-state index is 13.2. The molecule has 0 radical (unpaired) electrons. The Morgan fingerprint density at radius 2 is 1.88 bits per heavy atom. The lowest BCUT2D eigenvalue weighted by atomic mass is 10.1. The predicted octanol–water partition coefficient (Wildman–Crippen LogP) is 3.68. The number of thioether (sulfide) groups is 1. The van der Waals surface area contributed by atoms with E-state index in [1.54, 1.807) is 0 Å². The molecule has 2 aliphatic heterocycles. The van der Waals surface area contributed by atoms with Gasteiger partial charge in [-0.3, -0.25) is 10.2 Å². The molecule has 0 aliphatic carbocycles. The number of hydrazone groups is 1. The number of hydrogen-bond donors (Lipinski definition) is 1. The molecule has 2 aromatic carbocycles. The number of anilines is 1. The van der Waals surface area contributed by atoms with Gasteiger partial charge in [-0.2, -0.15) is 5.10 Å². The lowest BCUT2D eigenvalue weighted by molar-refractivity contribution is -0.121. The second-order valence-electron chi connectivity index (χ2n) is 6.01. The molecule has 4 rings (SSSR count). The van der Waals surface area contributed by atoms with Crippen molar-refractivity contribution in [2.45, 2.75) is 24.6 Å². The van der Waals surface area contributed by atoms with Gasteiger partial charge in [-0.1, -0.05) is 73.6 Å². The van der Waals surface area contributed by atoms with E-state index in [4.69, 9.17) is 0 Å². The van der Waals surface area contributed by atoms with E-state index >= 15 is 0 Å². The van der Waals surface area contributed by atoms with Crippen LogP contribution < -0.4 is 10.3 Å². The molecule has 0 saturated carbocycles. The average Bonchev–Trinajstić information content (AvgIpc) is 3.17. The van der Waals surface area contributed by atoms with Crippen LogP contribution in [0.25, 0.3) is 0 Å². The summed E-state index contributed by atoms with van der Waals surface area (Å²) in [5.74, 6) is 0.0804. The van der Waals surface area contributed by atoms with Crippen molar-refractivity contribution in [3.8, 4) is 0 Å². The van der Waals surface area contributed by atoms with Crippen LogP contribution in [0.1, 0.15) is 30.9 Å². The molecule has 1 spiro atoms. The first-order valence-corrected chi connectivity index (χ1v) is 9.08. The number of nitrogens with zero attached hydrogens (tertiary/aromatic N) is 2. The van der Waals surface area contributed by atoms with E-state index in [9.17, 15) is 4.79 Å². The van der Waals surface area contributed by atoms with Crippen LogP contribution in [-0.4, -0.2) is 17.5 Å². The number of hydrogen-bond acceptors (Lipinski definition) is 4. The third kappa shape index (κ3) is 2.23. The summed E-state index contributed by atoms with van der Waals surface area (Å²) in [6.07, 6.45) is 2.05. The monoisotopic (exact) mass is 337 g/mol. The first-order valence-electron chi connectivity index (χ1n) is 8.27. The number of rotatable bonds is 4. The van der Waals surface area contributed by atoms with Crippen LogP contribution in [0.2, 0.25) is 0 Å². The van der Waals surface area contributed by atoms with Crippen molar-refractivity contribution in [1.82, 2.24) is 5.43 Å². The van der Waals surface area contributed by atoms with E-state index < -0.39 is 4.87 Å². The molecule has 1 amide bonds. The van der Waals surface area contributed by atoms with Gasteiger partial charge >= 0.3 is 0 Å². The van der Waals surface area contributed by atoms with Gasteiger partial charge in [0.25, 0.3) is 5.91 Å². The summed E-state index contributed by atoms with van der Waals surface area (Å²) < 4.78 is 0. The SMILES string of the molecule is CCCCN1C(=O)[C@]2(NN=C(c3ccccc3)S2)c2ccccc21. The van der Waals surface area contributed by atoms with Crippen molar-refractivity contribution in [2.24, 2.45) is 5.10 Å². The Kier molecular flexibility index (Phi) is 3.81. The van der Waals surface area contributed by atoms with Crippen LogP contribution in [0.5, 0.6) is 0 Å². The van der Waals surface area contributed by atoms with Crippen molar-refractivity contribution in [2.75, 3.05) is 11.4 Å². The van der Waals surface area contributed by atoms with Crippen molar-refractivity contribution >= 4 is 28.4 Å². The lowest BCUT2D eigenvalue weighted by Crippen LogP contribution is -2.44. The Bertz CT molecular complexity index is 805. The number of nitrogens with one attached hydrogen (secondary N) is 1. The molecule has 2 aromatic rings. The number of unbranched alkanes of at least 4 members (excludes halogenated alkanes) is 1. The van der Waals surface area contributed by atoms with Gasteiger partial charge in [0.05, 0.1) is 5.69 Å². The second-order valence-corrected chi connectivity index (χ2v) is 7.21. The van der Waals surface area contributed by atoms with Gasteiger partial charge in [-0.25, -0.2) is 0 Å². The van der Waals surface area contributed by atoms with Gasteiger partial charge in [0, 0.05) is 17.7 Å². The van der Waals surface area contributed by atoms with E-state index in [1.807, 2.05) is 59.5 Å². The third-order valence-corrected chi connectivity index (χ3v) is 5.75. The van der Waals surface area contributed by atoms with Gasteiger partial charge in [-0.15, -0.1) is 0 Å². The van der Waals surface area contributed by atoms with E-state index in [1.165, 1.54) is 11.8 Å². The predicted molar refractivity (Wildman–Crippen MR) is 99.1 cm³/mol. The minimum absolute atomic E-state index is 0.0804. The third-order valence-electron chi connectivity index (χ3n) is 4.44. The minimum atomic E-state index is -0.824. The van der Waals surface area contributed by atoms with E-state index in [-0.39, 0.29) is 5.91 Å². The van der Waals surface area contributed by atoms with Crippen molar-refractivity contribution in [3.05, 3.63) is 65.7 Å². The molecule has 2 heterocycles. The van der Waals surface area contributed by atoms with Crippen LogP contribution in [0.3, 0.4) is 0 Å². The first kappa shape index (κ1) is 15.3. The smallest absolute Gasteiger partial charge is 0.269 e. The number of fused-ring (bicyclic) bond motifs is 2. The molecule has 0 fully saturated rings.